The van der Waals surface area contributed by atoms with Gasteiger partial charge in [0.15, 0.2) is 5.82 Å². The van der Waals surface area contributed by atoms with Gasteiger partial charge in [-0.25, -0.2) is 0 Å². The van der Waals surface area contributed by atoms with E-state index >= 15 is 0 Å². The van der Waals surface area contributed by atoms with Gasteiger partial charge in [0.1, 0.15) is 5.82 Å². The van der Waals surface area contributed by atoms with Crippen LogP contribution in [0, 0.1) is 12.8 Å². The summed E-state index contributed by atoms with van der Waals surface area (Å²) >= 11 is 0. The van der Waals surface area contributed by atoms with Crippen molar-refractivity contribution >= 4 is 5.91 Å². The topological polar surface area (TPSA) is 59.8 Å². The summed E-state index contributed by atoms with van der Waals surface area (Å²) in [6.45, 7) is 3.58. The second kappa shape index (κ2) is 5.23. The summed E-state index contributed by atoms with van der Waals surface area (Å²) in [7, 11) is 0. The SMILES string of the molecule is Cc1ccccc1[C@@H]1C[C@@H]1C(=O)NCc1nnc2n1CCC2. The third-order valence-electron chi connectivity index (χ3n) is 4.82. The van der Waals surface area contributed by atoms with Crippen molar-refractivity contribution < 1.29 is 4.79 Å². The van der Waals surface area contributed by atoms with Gasteiger partial charge in [-0.05, 0) is 36.8 Å². The van der Waals surface area contributed by atoms with Crippen molar-refractivity contribution in [3.63, 3.8) is 0 Å². The Morgan fingerprint density at radius 1 is 1.36 bits per heavy atom. The van der Waals surface area contributed by atoms with E-state index in [4.69, 9.17) is 0 Å². The van der Waals surface area contributed by atoms with Gasteiger partial charge in [-0.2, -0.15) is 0 Å². The fraction of sp³-hybridized carbons (Fsp3) is 0.471. The molecule has 1 aliphatic heterocycles. The van der Waals surface area contributed by atoms with Gasteiger partial charge in [-0.1, -0.05) is 24.3 Å². The molecule has 5 nitrogen and oxygen atoms in total. The van der Waals surface area contributed by atoms with Gasteiger partial charge in [0.05, 0.1) is 6.54 Å². The van der Waals surface area contributed by atoms with Crippen molar-refractivity contribution in [2.24, 2.45) is 5.92 Å². The number of aromatic nitrogens is 3. The number of hydrogen-bond acceptors (Lipinski definition) is 3. The Labute approximate surface area is 129 Å². The maximum absolute atomic E-state index is 12.3. The summed E-state index contributed by atoms with van der Waals surface area (Å²) in [5, 5.41) is 11.4. The molecule has 2 heterocycles. The third kappa shape index (κ3) is 2.30. The predicted octanol–water partition coefficient (Wildman–Crippen LogP) is 1.95. The van der Waals surface area contributed by atoms with Gasteiger partial charge in [-0.3, -0.25) is 4.79 Å². The predicted molar refractivity (Wildman–Crippen MR) is 82.2 cm³/mol. The maximum atomic E-state index is 12.3. The molecule has 22 heavy (non-hydrogen) atoms. The van der Waals surface area contributed by atoms with Crippen molar-refractivity contribution in [1.82, 2.24) is 20.1 Å². The molecule has 2 aromatic rings. The normalized spacial score (nSPS) is 22.4. The molecule has 0 unspecified atom stereocenters. The molecule has 5 heteroatoms. The molecule has 0 bridgehead atoms. The van der Waals surface area contributed by atoms with Crippen LogP contribution in [-0.2, 0) is 24.3 Å². The van der Waals surface area contributed by atoms with E-state index in [0.29, 0.717) is 12.5 Å². The van der Waals surface area contributed by atoms with Gasteiger partial charge in [0.2, 0.25) is 5.91 Å². The smallest absolute Gasteiger partial charge is 0.224 e. The Morgan fingerprint density at radius 3 is 3.09 bits per heavy atom. The highest BCUT2D eigenvalue weighted by atomic mass is 16.2. The highest BCUT2D eigenvalue weighted by Gasteiger charge is 2.44. The average molecular weight is 296 g/mol. The molecular weight excluding hydrogens is 276 g/mol. The molecule has 1 aliphatic carbocycles. The largest absolute Gasteiger partial charge is 0.349 e. The number of amides is 1. The van der Waals surface area contributed by atoms with E-state index in [-0.39, 0.29) is 11.8 Å². The number of fused-ring (bicyclic) bond motifs is 1. The molecule has 0 spiro atoms. The molecule has 2 aliphatic rings. The monoisotopic (exact) mass is 296 g/mol. The lowest BCUT2D eigenvalue weighted by Gasteiger charge is -2.07. The highest BCUT2D eigenvalue weighted by molar-refractivity contribution is 5.82. The minimum Gasteiger partial charge on any atom is -0.349 e. The first kappa shape index (κ1) is 13.5. The summed E-state index contributed by atoms with van der Waals surface area (Å²) in [4.78, 5) is 12.3. The molecular formula is C17H20N4O. The number of nitrogens with zero attached hydrogens (tertiary/aromatic N) is 3. The van der Waals surface area contributed by atoms with Crippen LogP contribution in [-0.4, -0.2) is 20.7 Å². The molecule has 1 aromatic carbocycles. The maximum Gasteiger partial charge on any atom is 0.224 e. The van der Waals surface area contributed by atoms with Crippen LogP contribution >= 0.6 is 0 Å². The first-order valence-corrected chi connectivity index (χ1v) is 7.98. The average Bonchev–Trinajstić information content (AvgIpc) is 3.00. The van der Waals surface area contributed by atoms with Crippen LogP contribution in [0.15, 0.2) is 24.3 Å². The Kier molecular flexibility index (Phi) is 3.21. The van der Waals surface area contributed by atoms with Crippen molar-refractivity contribution in [3.8, 4) is 0 Å². The zero-order chi connectivity index (χ0) is 15.1. The number of benzene rings is 1. The number of carbonyl (C=O) groups excluding carboxylic acids is 1. The summed E-state index contributed by atoms with van der Waals surface area (Å²) in [6.07, 6.45) is 3.08. The summed E-state index contributed by atoms with van der Waals surface area (Å²) < 4.78 is 2.13. The van der Waals surface area contributed by atoms with Crippen molar-refractivity contribution in [3.05, 3.63) is 47.0 Å². The van der Waals surface area contributed by atoms with Crippen LogP contribution in [0.3, 0.4) is 0 Å². The lowest BCUT2D eigenvalue weighted by Crippen LogP contribution is -2.26. The van der Waals surface area contributed by atoms with E-state index < -0.39 is 0 Å². The fourth-order valence-electron chi connectivity index (χ4n) is 3.47. The van der Waals surface area contributed by atoms with Crippen LogP contribution in [0.4, 0.5) is 0 Å². The second-order valence-corrected chi connectivity index (χ2v) is 6.31. The lowest BCUT2D eigenvalue weighted by atomic mass is 10.0. The zero-order valence-corrected chi connectivity index (χ0v) is 12.7. The molecule has 1 amide bonds. The zero-order valence-electron chi connectivity index (χ0n) is 12.7. The van der Waals surface area contributed by atoms with Crippen molar-refractivity contribution in [2.75, 3.05) is 0 Å². The summed E-state index contributed by atoms with van der Waals surface area (Å²) in [6, 6.07) is 8.35. The Balaban J connectivity index is 1.37. The molecule has 1 N–H and O–H groups in total. The van der Waals surface area contributed by atoms with Crippen molar-refractivity contribution in [1.29, 1.82) is 0 Å². The first-order valence-electron chi connectivity index (χ1n) is 7.98. The van der Waals surface area contributed by atoms with Crippen LogP contribution in [0.25, 0.3) is 0 Å². The lowest BCUT2D eigenvalue weighted by molar-refractivity contribution is -0.122. The van der Waals surface area contributed by atoms with E-state index in [1.54, 1.807) is 0 Å². The molecule has 114 valence electrons. The molecule has 0 radical (unpaired) electrons. The van der Waals surface area contributed by atoms with Crippen LogP contribution < -0.4 is 5.32 Å². The highest BCUT2D eigenvalue weighted by Crippen LogP contribution is 2.48. The molecule has 2 atom stereocenters. The Morgan fingerprint density at radius 2 is 2.23 bits per heavy atom. The van der Waals surface area contributed by atoms with Crippen LogP contribution in [0.2, 0.25) is 0 Å². The minimum atomic E-state index is 0.113. The number of rotatable bonds is 4. The number of carbonyl (C=O) groups is 1. The standard InChI is InChI=1S/C17H20N4O/c1-11-5-2-3-6-12(11)13-9-14(13)17(22)18-10-16-20-19-15-7-4-8-21(15)16/h2-3,5-6,13-14H,4,7-10H2,1H3,(H,18,22)/t13-,14-/m0/s1. The quantitative estimate of drug-likeness (QED) is 0.938. The first-order chi connectivity index (χ1) is 10.7. The second-order valence-electron chi connectivity index (χ2n) is 6.31. The third-order valence-corrected chi connectivity index (χ3v) is 4.82. The Bertz CT molecular complexity index is 721. The van der Waals surface area contributed by atoms with Gasteiger partial charge in [-0.15, -0.1) is 10.2 Å². The number of hydrogen-bond donors (Lipinski definition) is 1. The van der Waals surface area contributed by atoms with Gasteiger partial charge in [0.25, 0.3) is 0 Å². The fourth-order valence-corrected chi connectivity index (χ4v) is 3.47. The molecule has 1 fully saturated rings. The Hall–Kier alpha value is -2.17. The molecule has 1 aromatic heterocycles. The summed E-state index contributed by atoms with van der Waals surface area (Å²) in [5.74, 6) is 2.57. The summed E-state index contributed by atoms with van der Waals surface area (Å²) in [5.41, 5.74) is 2.59. The molecule has 0 saturated heterocycles. The van der Waals surface area contributed by atoms with Gasteiger partial charge < -0.3 is 9.88 Å². The minimum absolute atomic E-state index is 0.113. The molecule has 4 rings (SSSR count). The van der Waals surface area contributed by atoms with Crippen molar-refractivity contribution in [2.45, 2.75) is 45.2 Å². The number of nitrogens with one attached hydrogen (secondary N) is 1. The number of aryl methyl sites for hydroxylation is 2. The van der Waals surface area contributed by atoms with Crippen LogP contribution in [0.5, 0.6) is 0 Å². The van der Waals surface area contributed by atoms with E-state index in [0.717, 1.165) is 37.5 Å². The van der Waals surface area contributed by atoms with Crippen LogP contribution in [0.1, 0.15) is 41.5 Å². The van der Waals surface area contributed by atoms with E-state index in [1.165, 1.54) is 11.1 Å². The van der Waals surface area contributed by atoms with E-state index in [1.807, 2.05) is 6.07 Å². The van der Waals surface area contributed by atoms with Gasteiger partial charge in [0, 0.05) is 18.9 Å². The van der Waals surface area contributed by atoms with Gasteiger partial charge >= 0.3 is 0 Å². The molecule has 1 saturated carbocycles. The van der Waals surface area contributed by atoms with E-state index in [9.17, 15) is 4.79 Å². The van der Waals surface area contributed by atoms with E-state index in [2.05, 4.69) is 45.2 Å².